The van der Waals surface area contributed by atoms with Gasteiger partial charge in [0.05, 0.1) is 12.5 Å². The Labute approximate surface area is 95.3 Å². The van der Waals surface area contributed by atoms with Gasteiger partial charge in [0, 0.05) is 17.1 Å². The second-order valence-electron chi connectivity index (χ2n) is 3.07. The van der Waals surface area contributed by atoms with Gasteiger partial charge in [-0.3, -0.25) is 9.78 Å². The molecule has 76 valence electrons. The smallest absolute Gasteiger partial charge is 0.186 e. The molecule has 0 bridgehead atoms. The second-order valence-corrected chi connectivity index (χ2v) is 3.92. The number of rotatable bonds is 3. The standard InChI is InChI=1S/C11H8BrNO2/c12-9-2-1-4-13-11(9)10(14)6-8-3-5-15-7-8/h1-5,7H,6H2. The normalized spacial score (nSPS) is 10.2. The summed E-state index contributed by atoms with van der Waals surface area (Å²) in [5.74, 6) is -0.0242. The van der Waals surface area contributed by atoms with Crippen LogP contribution in [0.1, 0.15) is 16.1 Å². The largest absolute Gasteiger partial charge is 0.472 e. The van der Waals surface area contributed by atoms with Gasteiger partial charge < -0.3 is 4.42 Å². The lowest BCUT2D eigenvalue weighted by Crippen LogP contribution is -2.05. The summed E-state index contributed by atoms with van der Waals surface area (Å²) in [6.07, 6.45) is 5.03. The van der Waals surface area contributed by atoms with E-state index in [9.17, 15) is 4.79 Å². The summed E-state index contributed by atoms with van der Waals surface area (Å²) in [4.78, 5) is 15.8. The van der Waals surface area contributed by atoms with Crippen molar-refractivity contribution in [3.8, 4) is 0 Å². The maximum atomic E-state index is 11.8. The zero-order chi connectivity index (χ0) is 10.7. The van der Waals surface area contributed by atoms with Crippen LogP contribution in [0, 0.1) is 0 Å². The van der Waals surface area contributed by atoms with Crippen LogP contribution in [0.25, 0.3) is 0 Å². The number of furan rings is 1. The average molecular weight is 266 g/mol. The fraction of sp³-hybridized carbons (Fsp3) is 0.0909. The van der Waals surface area contributed by atoms with Crippen molar-refractivity contribution in [2.24, 2.45) is 0 Å². The van der Waals surface area contributed by atoms with Crippen LogP contribution < -0.4 is 0 Å². The van der Waals surface area contributed by atoms with Crippen LogP contribution >= 0.6 is 15.9 Å². The van der Waals surface area contributed by atoms with Gasteiger partial charge in [0.2, 0.25) is 0 Å². The number of aromatic nitrogens is 1. The Hall–Kier alpha value is -1.42. The first-order valence-electron chi connectivity index (χ1n) is 4.42. The molecule has 0 saturated heterocycles. The number of hydrogen-bond donors (Lipinski definition) is 0. The van der Waals surface area contributed by atoms with Crippen LogP contribution in [0.4, 0.5) is 0 Å². The third-order valence-electron chi connectivity index (χ3n) is 1.97. The van der Waals surface area contributed by atoms with Gasteiger partial charge in [0.15, 0.2) is 5.78 Å². The molecule has 0 saturated carbocycles. The minimum Gasteiger partial charge on any atom is -0.472 e. The topological polar surface area (TPSA) is 43.1 Å². The average Bonchev–Trinajstić information content (AvgIpc) is 2.71. The van der Waals surface area contributed by atoms with Crippen molar-refractivity contribution in [2.45, 2.75) is 6.42 Å². The number of halogens is 1. The van der Waals surface area contributed by atoms with Crippen LogP contribution in [0.2, 0.25) is 0 Å². The van der Waals surface area contributed by atoms with Crippen molar-refractivity contribution in [1.29, 1.82) is 0 Å². The van der Waals surface area contributed by atoms with E-state index in [4.69, 9.17) is 4.42 Å². The van der Waals surface area contributed by atoms with Crippen molar-refractivity contribution in [2.75, 3.05) is 0 Å². The van der Waals surface area contributed by atoms with Crippen LogP contribution in [0.15, 0.2) is 45.8 Å². The number of nitrogens with zero attached hydrogens (tertiary/aromatic N) is 1. The summed E-state index contributed by atoms with van der Waals surface area (Å²) >= 11 is 3.29. The first kappa shape index (κ1) is 10.1. The Morgan fingerprint density at radius 2 is 2.33 bits per heavy atom. The third-order valence-corrected chi connectivity index (χ3v) is 2.61. The van der Waals surface area contributed by atoms with Gasteiger partial charge in [0.25, 0.3) is 0 Å². The zero-order valence-corrected chi connectivity index (χ0v) is 9.40. The summed E-state index contributed by atoms with van der Waals surface area (Å²) in [7, 11) is 0. The summed E-state index contributed by atoms with van der Waals surface area (Å²) in [6.45, 7) is 0. The molecule has 2 aromatic rings. The highest BCUT2D eigenvalue weighted by atomic mass is 79.9. The summed E-state index contributed by atoms with van der Waals surface area (Å²) < 4.78 is 5.62. The fourth-order valence-electron chi connectivity index (χ4n) is 1.25. The van der Waals surface area contributed by atoms with Gasteiger partial charge in [-0.05, 0) is 39.7 Å². The molecule has 0 aliphatic heterocycles. The van der Waals surface area contributed by atoms with E-state index in [1.807, 2.05) is 0 Å². The molecule has 0 aromatic carbocycles. The lowest BCUT2D eigenvalue weighted by atomic mass is 10.1. The number of carbonyl (C=O) groups is 1. The highest BCUT2D eigenvalue weighted by Crippen LogP contribution is 2.15. The van der Waals surface area contributed by atoms with Crippen molar-refractivity contribution in [1.82, 2.24) is 4.98 Å². The highest BCUT2D eigenvalue weighted by Gasteiger charge is 2.12. The van der Waals surface area contributed by atoms with E-state index in [0.29, 0.717) is 12.1 Å². The Morgan fingerprint density at radius 1 is 1.47 bits per heavy atom. The Balaban J connectivity index is 2.19. The molecule has 4 heteroatoms. The number of Topliss-reactive ketones (excluding diaryl/α,β-unsaturated/α-hetero) is 1. The highest BCUT2D eigenvalue weighted by molar-refractivity contribution is 9.10. The molecule has 2 heterocycles. The number of pyridine rings is 1. The molecular formula is C11H8BrNO2. The maximum absolute atomic E-state index is 11.8. The van der Waals surface area contributed by atoms with E-state index >= 15 is 0 Å². The molecule has 0 radical (unpaired) electrons. The fourth-order valence-corrected chi connectivity index (χ4v) is 1.73. The maximum Gasteiger partial charge on any atom is 0.186 e. The van der Waals surface area contributed by atoms with Crippen LogP contribution in [0.5, 0.6) is 0 Å². The molecule has 2 rings (SSSR count). The quantitative estimate of drug-likeness (QED) is 0.802. The van der Waals surface area contributed by atoms with Crippen LogP contribution in [-0.4, -0.2) is 10.8 Å². The molecule has 0 spiro atoms. The first-order chi connectivity index (χ1) is 7.27. The molecule has 0 amide bonds. The van der Waals surface area contributed by atoms with Crippen molar-refractivity contribution >= 4 is 21.7 Å². The molecule has 0 fully saturated rings. The lowest BCUT2D eigenvalue weighted by molar-refractivity contribution is 0.0987. The summed E-state index contributed by atoms with van der Waals surface area (Å²) in [6, 6.07) is 5.35. The van der Waals surface area contributed by atoms with Gasteiger partial charge in [-0.25, -0.2) is 0 Å². The summed E-state index contributed by atoms with van der Waals surface area (Å²) in [5, 5.41) is 0. The van der Waals surface area contributed by atoms with E-state index in [0.717, 1.165) is 10.0 Å². The van der Waals surface area contributed by atoms with E-state index in [-0.39, 0.29) is 5.78 Å². The minimum absolute atomic E-state index is 0.0242. The molecule has 0 N–H and O–H groups in total. The third kappa shape index (κ3) is 2.33. The van der Waals surface area contributed by atoms with E-state index in [1.54, 1.807) is 36.9 Å². The Morgan fingerprint density at radius 3 is 3.00 bits per heavy atom. The predicted molar refractivity (Wildman–Crippen MR) is 58.7 cm³/mol. The van der Waals surface area contributed by atoms with Crippen molar-refractivity contribution < 1.29 is 9.21 Å². The molecule has 0 aliphatic rings. The molecule has 3 nitrogen and oxygen atoms in total. The second kappa shape index (κ2) is 4.40. The Bertz CT molecular complexity index is 465. The van der Waals surface area contributed by atoms with Crippen molar-refractivity contribution in [3.63, 3.8) is 0 Å². The number of ketones is 1. The zero-order valence-electron chi connectivity index (χ0n) is 7.81. The molecule has 0 unspecified atom stereocenters. The Kier molecular flexibility index (Phi) is 2.97. The predicted octanol–water partition coefficient (Wildman–Crippen LogP) is 2.86. The summed E-state index contributed by atoms with van der Waals surface area (Å²) in [5.41, 5.74) is 1.32. The lowest BCUT2D eigenvalue weighted by Gasteiger charge is -2.00. The molecule has 0 aliphatic carbocycles. The number of carbonyl (C=O) groups excluding carboxylic acids is 1. The van der Waals surface area contributed by atoms with Crippen molar-refractivity contribution in [3.05, 3.63) is 52.7 Å². The van der Waals surface area contributed by atoms with Crippen LogP contribution in [0.3, 0.4) is 0 Å². The molecule has 15 heavy (non-hydrogen) atoms. The first-order valence-corrected chi connectivity index (χ1v) is 5.21. The number of hydrogen-bond acceptors (Lipinski definition) is 3. The molecule has 2 aromatic heterocycles. The van der Waals surface area contributed by atoms with Gasteiger partial charge in [0.1, 0.15) is 5.69 Å². The van der Waals surface area contributed by atoms with Gasteiger partial charge in [-0.2, -0.15) is 0 Å². The van der Waals surface area contributed by atoms with E-state index < -0.39 is 0 Å². The molecule has 0 atom stereocenters. The van der Waals surface area contributed by atoms with Gasteiger partial charge >= 0.3 is 0 Å². The minimum atomic E-state index is -0.0242. The van der Waals surface area contributed by atoms with Gasteiger partial charge in [-0.15, -0.1) is 0 Å². The van der Waals surface area contributed by atoms with Gasteiger partial charge in [-0.1, -0.05) is 0 Å². The SMILES string of the molecule is O=C(Cc1ccoc1)c1ncccc1Br. The monoisotopic (exact) mass is 265 g/mol. The van der Waals surface area contributed by atoms with E-state index in [1.165, 1.54) is 0 Å². The van der Waals surface area contributed by atoms with Crippen LogP contribution in [-0.2, 0) is 6.42 Å². The van der Waals surface area contributed by atoms with E-state index in [2.05, 4.69) is 20.9 Å². The molecular weight excluding hydrogens is 258 g/mol.